The third kappa shape index (κ3) is 7.01. The van der Waals surface area contributed by atoms with Crippen LogP contribution in [0.5, 0.6) is 11.5 Å². The van der Waals surface area contributed by atoms with E-state index in [1.807, 2.05) is 6.92 Å². The number of methoxy groups -OCH3 is 2. The van der Waals surface area contributed by atoms with Gasteiger partial charge in [-0.2, -0.15) is 0 Å². The second-order valence-corrected chi connectivity index (χ2v) is 11.1. The summed E-state index contributed by atoms with van der Waals surface area (Å²) in [7, 11) is 0.245. The van der Waals surface area contributed by atoms with Crippen molar-refractivity contribution in [2.45, 2.75) is 31.3 Å². The molecule has 0 bridgehead atoms. The molecule has 0 fully saturated rings. The number of hydrogen-bond donors (Lipinski definition) is 1. The summed E-state index contributed by atoms with van der Waals surface area (Å²) in [6.45, 7) is 2.90. The van der Waals surface area contributed by atoms with Crippen molar-refractivity contribution in [3.05, 3.63) is 82.9 Å². The zero-order valence-electron chi connectivity index (χ0n) is 22.5. The zero-order chi connectivity index (χ0) is 28.7. The molecule has 1 N–H and O–H groups in total. The molecule has 9 nitrogen and oxygen atoms in total. The first-order valence-corrected chi connectivity index (χ1v) is 13.9. The lowest BCUT2D eigenvalue weighted by Gasteiger charge is -2.32. The molecular formula is C28H32ClN3O6S. The Kier molecular flexibility index (Phi) is 9.82. The van der Waals surface area contributed by atoms with Crippen LogP contribution in [0.25, 0.3) is 0 Å². The number of anilines is 1. The number of benzene rings is 3. The number of nitrogens with one attached hydrogen (secondary N) is 1. The Labute approximate surface area is 234 Å². The minimum absolute atomic E-state index is 0.00605. The van der Waals surface area contributed by atoms with E-state index in [0.717, 1.165) is 9.87 Å². The molecule has 0 saturated heterocycles. The highest BCUT2D eigenvalue weighted by atomic mass is 35.5. The van der Waals surface area contributed by atoms with Crippen LogP contribution in [-0.4, -0.2) is 59.0 Å². The highest BCUT2D eigenvalue weighted by Crippen LogP contribution is 2.32. The molecule has 0 aliphatic carbocycles. The van der Waals surface area contributed by atoms with Crippen LogP contribution in [0.15, 0.2) is 71.6 Å². The molecule has 0 heterocycles. The quantitative estimate of drug-likeness (QED) is 0.371. The summed E-state index contributed by atoms with van der Waals surface area (Å²) in [6, 6.07) is 17.0. The van der Waals surface area contributed by atoms with E-state index in [2.05, 4.69) is 5.32 Å². The molecule has 2 amide bonds. The molecule has 39 heavy (non-hydrogen) atoms. The number of carbonyl (C=O) groups is 2. The summed E-state index contributed by atoms with van der Waals surface area (Å²) >= 11 is 6.33. The Morgan fingerprint density at radius 2 is 1.69 bits per heavy atom. The molecule has 3 aromatic rings. The fourth-order valence-electron chi connectivity index (χ4n) is 3.94. The maximum Gasteiger partial charge on any atom is 0.264 e. The topological polar surface area (TPSA) is 105 Å². The number of likely N-dealkylation sites (N-methyl/N-ethyl adjacent to an activating group) is 1. The number of amides is 2. The van der Waals surface area contributed by atoms with E-state index in [1.165, 1.54) is 56.5 Å². The van der Waals surface area contributed by atoms with Gasteiger partial charge < -0.3 is 19.7 Å². The second kappa shape index (κ2) is 12.9. The van der Waals surface area contributed by atoms with Gasteiger partial charge in [0, 0.05) is 13.6 Å². The molecule has 11 heteroatoms. The normalized spacial score (nSPS) is 11.8. The number of sulfonamides is 1. The monoisotopic (exact) mass is 573 g/mol. The van der Waals surface area contributed by atoms with Gasteiger partial charge in [0.25, 0.3) is 10.0 Å². The Bertz CT molecular complexity index is 1430. The highest BCUT2D eigenvalue weighted by Gasteiger charge is 2.32. The van der Waals surface area contributed by atoms with Crippen molar-refractivity contribution in [1.82, 2.24) is 10.2 Å². The summed E-state index contributed by atoms with van der Waals surface area (Å²) in [5.41, 5.74) is 1.76. The van der Waals surface area contributed by atoms with E-state index in [-0.39, 0.29) is 22.2 Å². The van der Waals surface area contributed by atoms with E-state index in [1.54, 1.807) is 43.3 Å². The smallest absolute Gasteiger partial charge is 0.264 e. The summed E-state index contributed by atoms with van der Waals surface area (Å²) in [6.07, 6.45) is 0. The van der Waals surface area contributed by atoms with Crippen molar-refractivity contribution in [1.29, 1.82) is 0 Å². The first-order chi connectivity index (χ1) is 18.5. The summed E-state index contributed by atoms with van der Waals surface area (Å²) in [5.74, 6) is -0.0421. The number of carbonyl (C=O) groups excluding carboxylic acids is 2. The van der Waals surface area contributed by atoms with Crippen molar-refractivity contribution >= 4 is 39.1 Å². The average Bonchev–Trinajstić information content (AvgIpc) is 2.93. The molecule has 0 saturated carbocycles. The first kappa shape index (κ1) is 29.8. The van der Waals surface area contributed by atoms with Gasteiger partial charge in [0.2, 0.25) is 11.8 Å². The lowest BCUT2D eigenvalue weighted by Crippen LogP contribution is -2.50. The van der Waals surface area contributed by atoms with E-state index >= 15 is 0 Å². The Balaban J connectivity index is 2.07. The molecule has 3 rings (SSSR count). The van der Waals surface area contributed by atoms with Crippen LogP contribution < -0.4 is 19.1 Å². The molecule has 0 aliphatic heterocycles. The number of rotatable bonds is 11. The number of hydrogen-bond acceptors (Lipinski definition) is 6. The van der Waals surface area contributed by atoms with E-state index in [0.29, 0.717) is 17.1 Å². The molecule has 0 spiro atoms. The van der Waals surface area contributed by atoms with Gasteiger partial charge >= 0.3 is 0 Å². The molecular weight excluding hydrogens is 542 g/mol. The molecule has 0 aromatic heterocycles. The predicted octanol–water partition coefficient (Wildman–Crippen LogP) is 4.02. The lowest BCUT2D eigenvalue weighted by molar-refractivity contribution is -0.139. The predicted molar refractivity (Wildman–Crippen MR) is 151 cm³/mol. The van der Waals surface area contributed by atoms with Gasteiger partial charge in [0.05, 0.1) is 29.8 Å². The highest BCUT2D eigenvalue weighted by molar-refractivity contribution is 7.92. The van der Waals surface area contributed by atoms with Gasteiger partial charge in [-0.1, -0.05) is 41.4 Å². The maximum absolute atomic E-state index is 13.9. The minimum Gasteiger partial charge on any atom is -0.497 e. The van der Waals surface area contributed by atoms with E-state index in [9.17, 15) is 18.0 Å². The molecule has 1 unspecified atom stereocenters. The minimum atomic E-state index is -4.21. The van der Waals surface area contributed by atoms with Crippen molar-refractivity contribution in [3.63, 3.8) is 0 Å². The van der Waals surface area contributed by atoms with Gasteiger partial charge in [-0.3, -0.25) is 13.9 Å². The van der Waals surface area contributed by atoms with Crippen molar-refractivity contribution in [2.24, 2.45) is 0 Å². The van der Waals surface area contributed by atoms with Crippen LogP contribution in [0.1, 0.15) is 18.1 Å². The largest absolute Gasteiger partial charge is 0.497 e. The number of halogens is 1. The molecule has 0 aliphatic rings. The van der Waals surface area contributed by atoms with Gasteiger partial charge in [-0.05, 0) is 61.9 Å². The number of nitrogens with zero attached hydrogens (tertiary/aromatic N) is 2. The fourth-order valence-corrected chi connectivity index (χ4v) is 5.59. The number of ether oxygens (including phenoxy) is 2. The molecule has 208 valence electrons. The molecule has 3 aromatic carbocycles. The van der Waals surface area contributed by atoms with E-state index in [4.69, 9.17) is 21.1 Å². The SMILES string of the molecule is CNC(=O)C(C)N(Cc1cccc(OC)c1)C(=O)CN(c1ccc(OC)c(Cl)c1)S(=O)(=O)c1ccc(C)cc1. The molecule has 0 radical (unpaired) electrons. The third-order valence-corrected chi connectivity index (χ3v) is 8.30. The zero-order valence-corrected chi connectivity index (χ0v) is 24.0. The standard InChI is InChI=1S/C28H32ClN3O6S/c1-19-9-12-24(13-10-19)39(35,36)32(22-11-14-26(38-5)25(29)16-22)18-27(33)31(20(2)28(34)30-3)17-21-7-6-8-23(15-21)37-4/h6-16,20H,17-18H2,1-5H3,(H,30,34). The summed E-state index contributed by atoms with van der Waals surface area (Å²) in [5, 5.41) is 2.73. The van der Waals surface area contributed by atoms with Crippen LogP contribution in [0, 0.1) is 6.92 Å². The maximum atomic E-state index is 13.9. The third-order valence-electron chi connectivity index (χ3n) is 6.21. The van der Waals surface area contributed by atoms with Crippen LogP contribution in [0.2, 0.25) is 5.02 Å². The van der Waals surface area contributed by atoms with Crippen LogP contribution in [-0.2, 0) is 26.2 Å². The van der Waals surface area contributed by atoms with E-state index < -0.39 is 34.4 Å². The van der Waals surface area contributed by atoms with Gasteiger partial charge in [-0.15, -0.1) is 0 Å². The lowest BCUT2D eigenvalue weighted by atomic mass is 10.1. The van der Waals surface area contributed by atoms with Crippen molar-refractivity contribution in [2.75, 3.05) is 32.1 Å². The van der Waals surface area contributed by atoms with Gasteiger partial charge in [0.1, 0.15) is 24.1 Å². The summed E-state index contributed by atoms with van der Waals surface area (Å²) < 4.78 is 39.2. The average molecular weight is 574 g/mol. The summed E-state index contributed by atoms with van der Waals surface area (Å²) in [4.78, 5) is 27.8. The molecule has 1 atom stereocenters. The Hall–Kier alpha value is -3.76. The van der Waals surface area contributed by atoms with Gasteiger partial charge in [0.15, 0.2) is 0 Å². The van der Waals surface area contributed by atoms with Crippen LogP contribution in [0.3, 0.4) is 0 Å². The number of aryl methyl sites for hydroxylation is 1. The Morgan fingerprint density at radius 1 is 1.00 bits per heavy atom. The van der Waals surface area contributed by atoms with Gasteiger partial charge in [-0.25, -0.2) is 8.42 Å². The van der Waals surface area contributed by atoms with Crippen molar-refractivity contribution < 1.29 is 27.5 Å². The Morgan fingerprint density at radius 3 is 2.28 bits per heavy atom. The van der Waals surface area contributed by atoms with Crippen LogP contribution >= 0.6 is 11.6 Å². The van der Waals surface area contributed by atoms with Crippen LogP contribution in [0.4, 0.5) is 5.69 Å². The van der Waals surface area contributed by atoms with Crippen molar-refractivity contribution in [3.8, 4) is 11.5 Å². The fraction of sp³-hybridized carbons (Fsp3) is 0.286. The first-order valence-electron chi connectivity index (χ1n) is 12.1. The second-order valence-electron chi connectivity index (χ2n) is 8.81.